The second-order valence-electron chi connectivity index (χ2n) is 9.33. The molecule has 8 nitrogen and oxygen atoms in total. The molecule has 2 aliphatic rings. The number of thiophene rings is 1. The zero-order chi connectivity index (χ0) is 25.6. The molecule has 9 heteroatoms. The van der Waals surface area contributed by atoms with E-state index in [1.165, 1.54) is 0 Å². The Labute approximate surface area is 220 Å². The molecule has 0 radical (unpaired) electrons. The van der Waals surface area contributed by atoms with Gasteiger partial charge in [0.05, 0.1) is 12.6 Å². The highest BCUT2D eigenvalue weighted by molar-refractivity contribution is 7.09. The van der Waals surface area contributed by atoms with Crippen molar-refractivity contribution >= 4 is 29.0 Å². The number of urea groups is 1. The van der Waals surface area contributed by atoms with Gasteiger partial charge >= 0.3 is 6.03 Å². The van der Waals surface area contributed by atoms with Gasteiger partial charge in [0.1, 0.15) is 6.54 Å². The largest absolute Gasteiger partial charge is 0.454 e. The molecule has 0 saturated carbocycles. The number of nitrogens with one attached hydrogen (secondary N) is 1. The van der Waals surface area contributed by atoms with Crippen LogP contribution in [0.15, 0.2) is 60.0 Å². The van der Waals surface area contributed by atoms with Crippen LogP contribution in [0, 0.1) is 6.92 Å². The van der Waals surface area contributed by atoms with Crippen LogP contribution in [-0.4, -0.2) is 54.3 Å². The molecule has 0 aliphatic carbocycles. The van der Waals surface area contributed by atoms with E-state index in [4.69, 9.17) is 14.2 Å². The van der Waals surface area contributed by atoms with E-state index < -0.39 is 0 Å². The van der Waals surface area contributed by atoms with Gasteiger partial charge in [-0.05, 0) is 66.6 Å². The van der Waals surface area contributed by atoms with E-state index in [9.17, 15) is 9.59 Å². The minimum atomic E-state index is -0.311. The SMILES string of the molecule is Cc1cccc(NC(=O)N(CC(=O)N(Cc2ccc3c(c2)OCO3)Cc2cccs2)C[C@@H]2CCCO2)c1. The summed E-state index contributed by atoms with van der Waals surface area (Å²) < 4.78 is 16.7. The summed E-state index contributed by atoms with van der Waals surface area (Å²) in [6, 6.07) is 17.0. The third-order valence-corrected chi connectivity index (χ3v) is 7.28. The van der Waals surface area contributed by atoms with Crippen molar-refractivity contribution in [2.75, 3.05) is 31.8 Å². The number of carbonyl (C=O) groups excluding carboxylic acids is 2. The van der Waals surface area contributed by atoms with Crippen LogP contribution >= 0.6 is 11.3 Å². The summed E-state index contributed by atoms with van der Waals surface area (Å²) in [6.45, 7) is 4.01. The van der Waals surface area contributed by atoms with E-state index in [1.54, 1.807) is 21.1 Å². The quantitative estimate of drug-likeness (QED) is 0.427. The number of hydrogen-bond donors (Lipinski definition) is 1. The summed E-state index contributed by atoms with van der Waals surface area (Å²) in [5.41, 5.74) is 2.68. The molecule has 1 saturated heterocycles. The summed E-state index contributed by atoms with van der Waals surface area (Å²) in [6.07, 6.45) is 1.76. The molecule has 2 aromatic carbocycles. The Hall–Kier alpha value is -3.56. The Bertz CT molecular complexity index is 1230. The van der Waals surface area contributed by atoms with Gasteiger partial charge in [-0.3, -0.25) is 4.79 Å². The van der Waals surface area contributed by atoms with Crippen molar-refractivity contribution in [3.05, 3.63) is 76.0 Å². The van der Waals surface area contributed by atoms with Crippen LogP contribution in [0.1, 0.15) is 28.8 Å². The lowest BCUT2D eigenvalue weighted by atomic mass is 10.1. The molecule has 37 heavy (non-hydrogen) atoms. The first-order valence-electron chi connectivity index (χ1n) is 12.5. The van der Waals surface area contributed by atoms with Gasteiger partial charge in [0.15, 0.2) is 11.5 Å². The number of anilines is 1. The molecule has 1 aromatic heterocycles. The predicted octanol–water partition coefficient (Wildman–Crippen LogP) is 5.03. The maximum Gasteiger partial charge on any atom is 0.322 e. The second kappa shape index (κ2) is 11.7. The molecular weight excluding hydrogens is 490 g/mol. The highest BCUT2D eigenvalue weighted by Crippen LogP contribution is 2.33. The molecule has 3 amide bonds. The van der Waals surface area contributed by atoms with E-state index >= 15 is 0 Å². The number of carbonyl (C=O) groups is 2. The van der Waals surface area contributed by atoms with Crippen molar-refractivity contribution in [3.63, 3.8) is 0 Å². The van der Waals surface area contributed by atoms with E-state index in [1.807, 2.05) is 66.9 Å². The van der Waals surface area contributed by atoms with Gasteiger partial charge in [0, 0.05) is 30.3 Å². The van der Waals surface area contributed by atoms with Crippen molar-refractivity contribution < 1.29 is 23.8 Å². The highest BCUT2D eigenvalue weighted by Gasteiger charge is 2.27. The molecule has 2 aliphatic heterocycles. The third kappa shape index (κ3) is 6.61. The van der Waals surface area contributed by atoms with Crippen LogP contribution in [0.2, 0.25) is 0 Å². The van der Waals surface area contributed by atoms with Gasteiger partial charge in [-0.15, -0.1) is 11.3 Å². The van der Waals surface area contributed by atoms with Crippen molar-refractivity contribution in [3.8, 4) is 11.5 Å². The molecule has 3 aromatic rings. The van der Waals surface area contributed by atoms with E-state index in [2.05, 4.69) is 5.32 Å². The van der Waals surface area contributed by atoms with Gasteiger partial charge < -0.3 is 29.3 Å². The number of hydrogen-bond acceptors (Lipinski definition) is 6. The van der Waals surface area contributed by atoms with Crippen LogP contribution in [0.5, 0.6) is 11.5 Å². The average molecular weight is 522 g/mol. The number of nitrogens with zero attached hydrogens (tertiary/aromatic N) is 2. The molecule has 0 bridgehead atoms. The fourth-order valence-corrected chi connectivity index (χ4v) is 5.24. The molecule has 0 spiro atoms. The first-order chi connectivity index (χ1) is 18.0. The first-order valence-corrected chi connectivity index (χ1v) is 13.3. The molecular formula is C28H31N3O5S. The summed E-state index contributed by atoms with van der Waals surface area (Å²) in [4.78, 5) is 31.5. The van der Waals surface area contributed by atoms with Crippen LogP contribution in [-0.2, 0) is 22.6 Å². The van der Waals surface area contributed by atoms with Gasteiger partial charge in [-0.1, -0.05) is 24.3 Å². The van der Waals surface area contributed by atoms with Crippen LogP contribution < -0.4 is 14.8 Å². The Morgan fingerprint density at radius 3 is 2.70 bits per heavy atom. The summed E-state index contributed by atoms with van der Waals surface area (Å²) in [5.74, 6) is 1.25. The van der Waals surface area contributed by atoms with E-state index in [-0.39, 0.29) is 31.4 Å². The van der Waals surface area contributed by atoms with E-state index in [0.717, 1.165) is 28.8 Å². The number of fused-ring (bicyclic) bond motifs is 1. The Kier molecular flexibility index (Phi) is 7.91. The summed E-state index contributed by atoms with van der Waals surface area (Å²) in [7, 11) is 0. The Balaban J connectivity index is 1.33. The Morgan fingerprint density at radius 2 is 1.92 bits per heavy atom. The molecule has 0 unspecified atom stereocenters. The standard InChI is InChI=1S/C28H31N3O5S/c1-20-5-2-6-22(13-20)29-28(33)31(16-23-7-3-11-34-23)18-27(32)30(17-24-8-4-12-37-24)15-21-9-10-25-26(14-21)36-19-35-25/h2,4-6,8-10,12-14,23H,3,7,11,15-19H2,1H3,(H,29,33)/t23-/m0/s1. The van der Waals surface area contributed by atoms with Gasteiger partial charge in [-0.2, -0.15) is 0 Å². The minimum Gasteiger partial charge on any atom is -0.454 e. The molecule has 3 heterocycles. The van der Waals surface area contributed by atoms with E-state index in [0.29, 0.717) is 43.4 Å². The van der Waals surface area contributed by atoms with Gasteiger partial charge in [0.25, 0.3) is 0 Å². The van der Waals surface area contributed by atoms with Gasteiger partial charge in [0.2, 0.25) is 12.7 Å². The average Bonchev–Trinajstić information content (AvgIpc) is 3.66. The maximum absolute atomic E-state index is 13.7. The van der Waals surface area contributed by atoms with Crippen molar-refractivity contribution in [2.24, 2.45) is 0 Å². The third-order valence-electron chi connectivity index (χ3n) is 6.42. The Morgan fingerprint density at radius 1 is 1.03 bits per heavy atom. The lowest BCUT2D eigenvalue weighted by Gasteiger charge is -2.29. The monoisotopic (exact) mass is 521 g/mol. The molecule has 1 N–H and O–H groups in total. The first kappa shape index (κ1) is 25.1. The van der Waals surface area contributed by atoms with Crippen LogP contribution in [0.25, 0.3) is 0 Å². The fraction of sp³-hybridized carbons (Fsp3) is 0.357. The number of ether oxygens (including phenoxy) is 3. The minimum absolute atomic E-state index is 0.0482. The smallest absolute Gasteiger partial charge is 0.322 e. The zero-order valence-corrected chi connectivity index (χ0v) is 21.7. The molecule has 5 rings (SSSR count). The van der Waals surface area contributed by atoms with Gasteiger partial charge in [-0.25, -0.2) is 4.79 Å². The number of rotatable bonds is 9. The normalized spacial score (nSPS) is 16.0. The number of aryl methyl sites for hydroxylation is 1. The lowest BCUT2D eigenvalue weighted by molar-refractivity contribution is -0.133. The van der Waals surface area contributed by atoms with Crippen LogP contribution in [0.4, 0.5) is 10.5 Å². The maximum atomic E-state index is 13.7. The van der Waals surface area contributed by atoms with Crippen LogP contribution in [0.3, 0.4) is 0 Å². The predicted molar refractivity (Wildman–Crippen MR) is 142 cm³/mol. The van der Waals surface area contributed by atoms with Crippen molar-refractivity contribution in [1.82, 2.24) is 9.80 Å². The lowest BCUT2D eigenvalue weighted by Crippen LogP contribution is -2.46. The fourth-order valence-electron chi connectivity index (χ4n) is 4.52. The molecule has 1 atom stereocenters. The number of benzene rings is 2. The second-order valence-corrected chi connectivity index (χ2v) is 10.4. The van der Waals surface area contributed by atoms with Crippen molar-refractivity contribution in [1.29, 1.82) is 0 Å². The molecule has 1 fully saturated rings. The summed E-state index contributed by atoms with van der Waals surface area (Å²) >= 11 is 1.60. The van der Waals surface area contributed by atoms with Crippen molar-refractivity contribution in [2.45, 2.75) is 39.0 Å². The number of amides is 3. The zero-order valence-electron chi connectivity index (χ0n) is 20.9. The summed E-state index contributed by atoms with van der Waals surface area (Å²) in [5, 5.41) is 4.95. The highest BCUT2D eigenvalue weighted by atomic mass is 32.1. The molecule has 194 valence electrons. The topological polar surface area (TPSA) is 80.3 Å².